The molecule has 0 aliphatic carbocycles. The molecule has 5 nitrogen and oxygen atoms in total. The maximum absolute atomic E-state index is 13.7. The molecule has 6 heteroatoms. The monoisotopic (exact) mass is 370 g/mol. The molecule has 2 aromatic carbocycles. The van der Waals surface area contributed by atoms with Crippen LogP contribution in [0.5, 0.6) is 11.5 Å². The largest absolute Gasteiger partial charge is 0.486 e. The zero-order chi connectivity index (χ0) is 18.8. The van der Waals surface area contributed by atoms with E-state index in [0.29, 0.717) is 37.4 Å². The Bertz CT molecular complexity index is 847. The van der Waals surface area contributed by atoms with Gasteiger partial charge in [0.1, 0.15) is 19.0 Å². The fourth-order valence-electron chi connectivity index (χ4n) is 3.46. The topological polar surface area (TPSA) is 42.0 Å². The van der Waals surface area contributed by atoms with Crippen LogP contribution in [0.4, 0.5) is 4.39 Å². The first-order chi connectivity index (χ1) is 13.1. The van der Waals surface area contributed by atoms with Crippen LogP contribution in [-0.4, -0.2) is 55.1 Å². The van der Waals surface area contributed by atoms with Gasteiger partial charge in [-0.15, -0.1) is 0 Å². The van der Waals surface area contributed by atoms with Crippen molar-refractivity contribution in [1.82, 2.24) is 9.80 Å². The smallest absolute Gasteiger partial charge is 0.254 e. The summed E-state index contributed by atoms with van der Waals surface area (Å²) in [5.41, 5.74) is 2.13. The maximum Gasteiger partial charge on any atom is 0.254 e. The first kappa shape index (κ1) is 17.8. The van der Waals surface area contributed by atoms with Gasteiger partial charge < -0.3 is 14.4 Å². The minimum Gasteiger partial charge on any atom is -0.486 e. The highest BCUT2D eigenvalue weighted by atomic mass is 19.1. The van der Waals surface area contributed by atoms with Gasteiger partial charge in [0.05, 0.1) is 0 Å². The van der Waals surface area contributed by atoms with Crippen molar-refractivity contribution >= 4 is 5.91 Å². The number of carbonyl (C=O) groups excluding carboxylic acids is 1. The molecule has 0 atom stereocenters. The SMILES string of the molecule is Cc1ccc(C(=O)N2CCN(Cc3ccc4c(c3)OCCO4)CC2)cc1F. The van der Waals surface area contributed by atoms with E-state index in [0.717, 1.165) is 31.1 Å². The van der Waals surface area contributed by atoms with Gasteiger partial charge in [0.15, 0.2) is 11.5 Å². The summed E-state index contributed by atoms with van der Waals surface area (Å²) in [5.74, 6) is 1.16. The van der Waals surface area contributed by atoms with Gasteiger partial charge in [-0.1, -0.05) is 12.1 Å². The summed E-state index contributed by atoms with van der Waals surface area (Å²) in [6.45, 7) is 6.52. The first-order valence-corrected chi connectivity index (χ1v) is 9.26. The van der Waals surface area contributed by atoms with E-state index in [1.54, 1.807) is 24.0 Å². The third kappa shape index (κ3) is 3.90. The van der Waals surface area contributed by atoms with E-state index >= 15 is 0 Å². The number of amides is 1. The highest BCUT2D eigenvalue weighted by molar-refractivity contribution is 5.94. The number of benzene rings is 2. The lowest BCUT2D eigenvalue weighted by Crippen LogP contribution is -2.48. The van der Waals surface area contributed by atoms with Crippen molar-refractivity contribution in [3.63, 3.8) is 0 Å². The number of carbonyl (C=O) groups is 1. The number of aryl methyl sites for hydroxylation is 1. The average Bonchev–Trinajstić information content (AvgIpc) is 2.70. The van der Waals surface area contributed by atoms with E-state index in [1.807, 2.05) is 12.1 Å². The second-order valence-corrected chi connectivity index (χ2v) is 7.01. The van der Waals surface area contributed by atoms with Crippen molar-refractivity contribution in [3.8, 4) is 11.5 Å². The van der Waals surface area contributed by atoms with E-state index in [1.165, 1.54) is 11.6 Å². The Morgan fingerprint density at radius 1 is 1.00 bits per heavy atom. The third-order valence-corrected chi connectivity index (χ3v) is 5.09. The summed E-state index contributed by atoms with van der Waals surface area (Å²) < 4.78 is 24.9. The molecule has 0 radical (unpaired) electrons. The fourth-order valence-corrected chi connectivity index (χ4v) is 3.46. The molecular formula is C21H23FN2O3. The maximum atomic E-state index is 13.7. The van der Waals surface area contributed by atoms with Gasteiger partial charge in [-0.3, -0.25) is 9.69 Å². The van der Waals surface area contributed by atoms with Crippen molar-refractivity contribution in [2.75, 3.05) is 39.4 Å². The van der Waals surface area contributed by atoms with Gasteiger partial charge in [0, 0.05) is 38.3 Å². The molecule has 1 amide bonds. The molecule has 142 valence electrons. The normalized spacial score (nSPS) is 17.0. The number of nitrogens with zero attached hydrogens (tertiary/aromatic N) is 2. The van der Waals surface area contributed by atoms with Gasteiger partial charge in [0.2, 0.25) is 0 Å². The quantitative estimate of drug-likeness (QED) is 0.833. The zero-order valence-corrected chi connectivity index (χ0v) is 15.4. The van der Waals surface area contributed by atoms with Crippen molar-refractivity contribution in [3.05, 3.63) is 58.9 Å². The summed E-state index contributed by atoms with van der Waals surface area (Å²) in [6.07, 6.45) is 0. The number of rotatable bonds is 3. The number of hydrogen-bond donors (Lipinski definition) is 0. The molecule has 2 aromatic rings. The summed E-state index contributed by atoms with van der Waals surface area (Å²) >= 11 is 0. The van der Waals surface area contributed by atoms with Crippen LogP contribution >= 0.6 is 0 Å². The third-order valence-electron chi connectivity index (χ3n) is 5.09. The minimum atomic E-state index is -0.335. The fraction of sp³-hybridized carbons (Fsp3) is 0.381. The van der Waals surface area contributed by atoms with E-state index in [9.17, 15) is 9.18 Å². The van der Waals surface area contributed by atoms with Gasteiger partial charge in [-0.25, -0.2) is 4.39 Å². The van der Waals surface area contributed by atoms with Gasteiger partial charge in [-0.05, 0) is 42.3 Å². The highest BCUT2D eigenvalue weighted by Gasteiger charge is 2.23. The predicted molar refractivity (Wildman–Crippen MR) is 99.7 cm³/mol. The predicted octanol–water partition coefficient (Wildman–Crippen LogP) is 2.86. The van der Waals surface area contributed by atoms with Crippen molar-refractivity contribution < 1.29 is 18.7 Å². The molecule has 0 spiro atoms. The van der Waals surface area contributed by atoms with Crippen molar-refractivity contribution in [2.24, 2.45) is 0 Å². The Labute approximate surface area is 158 Å². The van der Waals surface area contributed by atoms with Gasteiger partial charge in [-0.2, -0.15) is 0 Å². The number of hydrogen-bond acceptors (Lipinski definition) is 4. The second kappa shape index (κ2) is 7.56. The molecule has 0 unspecified atom stereocenters. The average molecular weight is 370 g/mol. The standard InChI is InChI=1S/C21H23FN2O3/c1-15-2-4-17(13-18(15)22)21(25)24-8-6-23(7-9-24)14-16-3-5-19-20(12-16)27-11-10-26-19/h2-5,12-13H,6-11,14H2,1H3. The Hall–Kier alpha value is -2.60. The van der Waals surface area contributed by atoms with E-state index in [-0.39, 0.29) is 11.7 Å². The second-order valence-electron chi connectivity index (χ2n) is 7.01. The summed E-state index contributed by atoms with van der Waals surface area (Å²) in [7, 11) is 0. The highest BCUT2D eigenvalue weighted by Crippen LogP contribution is 2.31. The Balaban J connectivity index is 1.34. The first-order valence-electron chi connectivity index (χ1n) is 9.26. The van der Waals surface area contributed by atoms with Crippen LogP contribution in [0.25, 0.3) is 0 Å². The number of piperazine rings is 1. The molecule has 1 fully saturated rings. The van der Waals surface area contributed by atoms with E-state index in [2.05, 4.69) is 11.0 Å². The summed E-state index contributed by atoms with van der Waals surface area (Å²) in [6, 6.07) is 10.7. The van der Waals surface area contributed by atoms with Crippen LogP contribution in [0.3, 0.4) is 0 Å². The zero-order valence-electron chi connectivity index (χ0n) is 15.4. The van der Waals surface area contributed by atoms with E-state index < -0.39 is 0 Å². The van der Waals surface area contributed by atoms with E-state index in [4.69, 9.17) is 9.47 Å². The molecule has 0 N–H and O–H groups in total. The molecular weight excluding hydrogens is 347 g/mol. The lowest BCUT2D eigenvalue weighted by atomic mass is 10.1. The van der Waals surface area contributed by atoms with Crippen LogP contribution in [0.1, 0.15) is 21.5 Å². The molecule has 2 aliphatic heterocycles. The molecule has 0 bridgehead atoms. The van der Waals surface area contributed by atoms with Crippen LogP contribution in [0.15, 0.2) is 36.4 Å². The molecule has 2 aliphatic rings. The minimum absolute atomic E-state index is 0.104. The van der Waals surface area contributed by atoms with Gasteiger partial charge in [0.25, 0.3) is 5.91 Å². The van der Waals surface area contributed by atoms with Crippen LogP contribution < -0.4 is 9.47 Å². The van der Waals surface area contributed by atoms with Crippen LogP contribution in [0.2, 0.25) is 0 Å². The number of fused-ring (bicyclic) bond motifs is 1. The Morgan fingerprint density at radius 2 is 1.74 bits per heavy atom. The molecule has 27 heavy (non-hydrogen) atoms. The molecule has 0 aromatic heterocycles. The lowest BCUT2D eigenvalue weighted by molar-refractivity contribution is 0.0627. The van der Waals surface area contributed by atoms with Crippen LogP contribution in [0, 0.1) is 12.7 Å². The molecule has 4 rings (SSSR count). The summed E-state index contributed by atoms with van der Waals surface area (Å²) in [4.78, 5) is 16.7. The molecule has 2 heterocycles. The Morgan fingerprint density at radius 3 is 2.48 bits per heavy atom. The molecule has 1 saturated heterocycles. The van der Waals surface area contributed by atoms with Crippen molar-refractivity contribution in [1.29, 1.82) is 0 Å². The van der Waals surface area contributed by atoms with Crippen LogP contribution in [-0.2, 0) is 6.54 Å². The number of halogens is 1. The van der Waals surface area contributed by atoms with Crippen molar-refractivity contribution in [2.45, 2.75) is 13.5 Å². The Kier molecular flexibility index (Phi) is 4.99. The number of ether oxygens (including phenoxy) is 2. The summed E-state index contributed by atoms with van der Waals surface area (Å²) in [5, 5.41) is 0. The van der Waals surface area contributed by atoms with Gasteiger partial charge >= 0.3 is 0 Å². The lowest BCUT2D eigenvalue weighted by Gasteiger charge is -2.35. The molecule has 0 saturated carbocycles.